The predicted octanol–water partition coefficient (Wildman–Crippen LogP) is 2.00. The van der Waals surface area contributed by atoms with Gasteiger partial charge in [-0.25, -0.2) is 8.42 Å². The molecule has 0 spiro atoms. The van der Waals surface area contributed by atoms with E-state index in [1.165, 1.54) is 34.9 Å². The molecule has 5 nitrogen and oxygen atoms in total. The molecule has 0 fully saturated rings. The maximum Gasteiger partial charge on any atom is 0.265 e. The van der Waals surface area contributed by atoms with E-state index in [9.17, 15) is 13.5 Å². The molecular formula is C13H14N2O3S. The zero-order valence-electron chi connectivity index (χ0n) is 10.4. The largest absolute Gasteiger partial charge is 0.508 e. The van der Waals surface area contributed by atoms with Gasteiger partial charge in [0.1, 0.15) is 10.6 Å². The average Bonchev–Trinajstić information content (AvgIpc) is 2.40. The molecule has 0 atom stereocenters. The Morgan fingerprint density at radius 2 is 2.05 bits per heavy atom. The van der Waals surface area contributed by atoms with Crippen LogP contribution in [0.4, 0.5) is 5.69 Å². The van der Waals surface area contributed by atoms with Gasteiger partial charge in [-0.05, 0) is 31.2 Å². The number of sulfonamides is 1. The second kappa shape index (κ2) is 5.27. The number of pyridine rings is 1. The molecular weight excluding hydrogens is 264 g/mol. The van der Waals surface area contributed by atoms with Crippen molar-refractivity contribution in [1.29, 1.82) is 0 Å². The van der Waals surface area contributed by atoms with E-state index < -0.39 is 10.0 Å². The van der Waals surface area contributed by atoms with Crippen molar-refractivity contribution in [3.05, 3.63) is 48.8 Å². The molecule has 0 unspecified atom stereocenters. The number of nitrogens with zero attached hydrogens (tertiary/aromatic N) is 2. The van der Waals surface area contributed by atoms with E-state index in [4.69, 9.17) is 0 Å². The van der Waals surface area contributed by atoms with Crippen molar-refractivity contribution in [3.63, 3.8) is 0 Å². The molecule has 0 saturated carbocycles. The highest BCUT2D eigenvalue weighted by Crippen LogP contribution is 2.25. The quantitative estimate of drug-likeness (QED) is 0.928. The highest BCUT2D eigenvalue weighted by Gasteiger charge is 2.23. The SMILES string of the molecule is CCN(c1cccc(O)c1)S(=O)(=O)c1cccnc1. The van der Waals surface area contributed by atoms with Gasteiger partial charge in [-0.3, -0.25) is 9.29 Å². The minimum Gasteiger partial charge on any atom is -0.508 e. The van der Waals surface area contributed by atoms with Gasteiger partial charge >= 0.3 is 0 Å². The zero-order valence-corrected chi connectivity index (χ0v) is 11.2. The number of anilines is 1. The summed E-state index contributed by atoms with van der Waals surface area (Å²) in [6.07, 6.45) is 2.82. The molecule has 0 aliphatic carbocycles. The van der Waals surface area contributed by atoms with Crippen LogP contribution in [0.25, 0.3) is 0 Å². The van der Waals surface area contributed by atoms with Crippen LogP contribution in [0.15, 0.2) is 53.7 Å². The highest BCUT2D eigenvalue weighted by molar-refractivity contribution is 7.92. The lowest BCUT2D eigenvalue weighted by Crippen LogP contribution is -2.30. The standard InChI is InChI=1S/C13H14N2O3S/c1-2-15(11-5-3-6-12(16)9-11)19(17,18)13-7-4-8-14-10-13/h3-10,16H,2H2,1H3. The monoisotopic (exact) mass is 278 g/mol. The highest BCUT2D eigenvalue weighted by atomic mass is 32.2. The minimum absolute atomic E-state index is 0.0253. The van der Waals surface area contributed by atoms with E-state index in [0.29, 0.717) is 5.69 Å². The van der Waals surface area contributed by atoms with Gasteiger partial charge in [0.25, 0.3) is 10.0 Å². The fourth-order valence-corrected chi connectivity index (χ4v) is 3.20. The third kappa shape index (κ3) is 2.68. The van der Waals surface area contributed by atoms with E-state index >= 15 is 0 Å². The maximum absolute atomic E-state index is 12.5. The van der Waals surface area contributed by atoms with E-state index in [1.54, 1.807) is 25.1 Å². The molecule has 100 valence electrons. The second-order valence-electron chi connectivity index (χ2n) is 3.88. The molecule has 1 N–H and O–H groups in total. The van der Waals surface area contributed by atoms with Gasteiger partial charge in [0.15, 0.2) is 0 Å². The van der Waals surface area contributed by atoms with Gasteiger partial charge in [0, 0.05) is 25.0 Å². The van der Waals surface area contributed by atoms with Crippen LogP contribution in [0.2, 0.25) is 0 Å². The Morgan fingerprint density at radius 3 is 2.63 bits per heavy atom. The number of phenols is 1. The topological polar surface area (TPSA) is 70.5 Å². The molecule has 1 aromatic carbocycles. The number of phenolic OH excluding ortho intramolecular Hbond substituents is 1. The van der Waals surface area contributed by atoms with Gasteiger partial charge < -0.3 is 5.11 Å². The first-order valence-corrected chi connectivity index (χ1v) is 7.21. The molecule has 1 aromatic heterocycles. The molecule has 0 aliphatic heterocycles. The first kappa shape index (κ1) is 13.4. The van der Waals surface area contributed by atoms with E-state index in [0.717, 1.165) is 0 Å². The average molecular weight is 278 g/mol. The van der Waals surface area contributed by atoms with Crippen molar-refractivity contribution in [2.24, 2.45) is 0 Å². The lowest BCUT2D eigenvalue weighted by molar-refractivity contribution is 0.475. The second-order valence-corrected chi connectivity index (χ2v) is 5.74. The van der Waals surface area contributed by atoms with E-state index in [1.807, 2.05) is 0 Å². The predicted molar refractivity (Wildman–Crippen MR) is 72.5 cm³/mol. The molecule has 0 bridgehead atoms. The van der Waals surface area contributed by atoms with Crippen LogP contribution >= 0.6 is 0 Å². The summed E-state index contributed by atoms with van der Waals surface area (Å²) in [5.41, 5.74) is 0.423. The summed E-state index contributed by atoms with van der Waals surface area (Å²) in [5.74, 6) is 0.0253. The van der Waals surface area contributed by atoms with Gasteiger partial charge in [0.05, 0.1) is 5.69 Å². The number of benzene rings is 1. The van der Waals surface area contributed by atoms with Gasteiger partial charge in [-0.1, -0.05) is 6.07 Å². The lowest BCUT2D eigenvalue weighted by atomic mass is 10.3. The van der Waals surface area contributed by atoms with Crippen LogP contribution < -0.4 is 4.31 Å². The van der Waals surface area contributed by atoms with Crippen LogP contribution in [0, 0.1) is 0 Å². The summed E-state index contributed by atoms with van der Waals surface area (Å²) < 4.78 is 26.2. The Bertz CT molecular complexity index is 657. The molecule has 1 heterocycles. The Kier molecular flexibility index (Phi) is 3.71. The van der Waals surface area contributed by atoms with Crippen LogP contribution in [0.3, 0.4) is 0 Å². The Hall–Kier alpha value is -2.08. The van der Waals surface area contributed by atoms with Crippen molar-refractivity contribution >= 4 is 15.7 Å². The Balaban J connectivity index is 2.48. The summed E-state index contributed by atoms with van der Waals surface area (Å²) in [6, 6.07) is 9.21. The molecule has 0 radical (unpaired) electrons. The Labute approximate surface area is 112 Å². The molecule has 0 aliphatic rings. The number of aromatic nitrogens is 1. The number of aromatic hydroxyl groups is 1. The van der Waals surface area contributed by atoms with Crippen molar-refractivity contribution in [3.8, 4) is 5.75 Å². The Morgan fingerprint density at radius 1 is 1.26 bits per heavy atom. The van der Waals surface area contributed by atoms with Gasteiger partial charge in [0.2, 0.25) is 0 Å². The molecule has 0 amide bonds. The molecule has 2 rings (SSSR count). The first-order chi connectivity index (χ1) is 9.05. The van der Waals surface area contributed by atoms with Crippen molar-refractivity contribution < 1.29 is 13.5 Å². The first-order valence-electron chi connectivity index (χ1n) is 5.77. The number of hydrogen-bond acceptors (Lipinski definition) is 4. The summed E-state index contributed by atoms with van der Waals surface area (Å²) in [4.78, 5) is 3.95. The van der Waals surface area contributed by atoms with Crippen LogP contribution in [-0.2, 0) is 10.0 Å². The van der Waals surface area contributed by atoms with E-state index in [-0.39, 0.29) is 17.2 Å². The normalized spacial score (nSPS) is 11.2. The summed E-state index contributed by atoms with van der Waals surface area (Å²) >= 11 is 0. The fraction of sp³-hybridized carbons (Fsp3) is 0.154. The third-order valence-corrected chi connectivity index (χ3v) is 4.51. The number of hydrogen-bond donors (Lipinski definition) is 1. The van der Waals surface area contributed by atoms with E-state index in [2.05, 4.69) is 4.98 Å². The molecule has 19 heavy (non-hydrogen) atoms. The summed E-state index contributed by atoms with van der Waals surface area (Å²) in [7, 11) is -3.66. The van der Waals surface area contributed by atoms with Crippen LogP contribution in [-0.4, -0.2) is 25.1 Å². The minimum atomic E-state index is -3.66. The maximum atomic E-state index is 12.5. The number of rotatable bonds is 4. The van der Waals surface area contributed by atoms with Crippen LogP contribution in [0.5, 0.6) is 5.75 Å². The smallest absolute Gasteiger partial charge is 0.265 e. The zero-order chi connectivity index (χ0) is 13.9. The molecule has 6 heteroatoms. The fourth-order valence-electron chi connectivity index (χ4n) is 1.77. The molecule has 0 saturated heterocycles. The van der Waals surface area contributed by atoms with Crippen LogP contribution in [0.1, 0.15) is 6.92 Å². The molecule has 2 aromatic rings. The summed E-state index contributed by atoms with van der Waals surface area (Å²) in [5, 5.41) is 9.46. The lowest BCUT2D eigenvalue weighted by Gasteiger charge is -2.22. The van der Waals surface area contributed by atoms with Crippen molar-refractivity contribution in [2.45, 2.75) is 11.8 Å². The summed E-state index contributed by atoms with van der Waals surface area (Å²) in [6.45, 7) is 2.00. The van der Waals surface area contributed by atoms with Gasteiger partial charge in [-0.2, -0.15) is 0 Å². The van der Waals surface area contributed by atoms with Crippen molar-refractivity contribution in [1.82, 2.24) is 4.98 Å². The van der Waals surface area contributed by atoms with Crippen molar-refractivity contribution in [2.75, 3.05) is 10.8 Å². The third-order valence-electron chi connectivity index (χ3n) is 2.63. The van der Waals surface area contributed by atoms with Gasteiger partial charge in [-0.15, -0.1) is 0 Å².